The summed E-state index contributed by atoms with van der Waals surface area (Å²) in [5.74, 6) is 0.0315. The summed E-state index contributed by atoms with van der Waals surface area (Å²) in [5, 5.41) is 2.85. The van der Waals surface area contributed by atoms with E-state index >= 15 is 0 Å². The van der Waals surface area contributed by atoms with Gasteiger partial charge in [0.15, 0.2) is 0 Å². The van der Waals surface area contributed by atoms with Crippen molar-refractivity contribution < 1.29 is 4.79 Å². The van der Waals surface area contributed by atoms with Crippen LogP contribution in [-0.2, 0) is 6.42 Å². The van der Waals surface area contributed by atoms with Gasteiger partial charge in [-0.05, 0) is 35.2 Å². The predicted molar refractivity (Wildman–Crippen MR) is 65.7 cm³/mol. The number of nitrogens with one attached hydrogen (secondary N) is 1. The molecule has 1 amide bonds. The van der Waals surface area contributed by atoms with Gasteiger partial charge < -0.3 is 5.32 Å². The number of carbonyl (C=O) groups excluding carboxylic acids is 1. The molecule has 1 aliphatic heterocycles. The zero-order chi connectivity index (χ0) is 11.7. The Kier molecular flexibility index (Phi) is 2.37. The SMILES string of the molecule is O=C1NCCc2cc(-c3cccnc3)ccc21. The van der Waals surface area contributed by atoms with Crippen molar-refractivity contribution in [1.29, 1.82) is 0 Å². The minimum atomic E-state index is 0.0315. The number of fused-ring (bicyclic) bond motifs is 1. The van der Waals surface area contributed by atoms with Gasteiger partial charge in [0.1, 0.15) is 0 Å². The number of hydrogen-bond acceptors (Lipinski definition) is 2. The summed E-state index contributed by atoms with van der Waals surface area (Å²) in [6.45, 7) is 0.725. The van der Waals surface area contributed by atoms with Crippen LogP contribution in [0.4, 0.5) is 0 Å². The molecular formula is C14H12N2O. The summed E-state index contributed by atoms with van der Waals surface area (Å²) in [6, 6.07) is 9.90. The molecule has 0 radical (unpaired) electrons. The van der Waals surface area contributed by atoms with E-state index in [9.17, 15) is 4.79 Å². The van der Waals surface area contributed by atoms with E-state index in [0.717, 1.165) is 35.2 Å². The highest BCUT2D eigenvalue weighted by molar-refractivity contribution is 5.97. The number of carbonyl (C=O) groups is 1. The number of aromatic nitrogens is 1. The first-order valence-electron chi connectivity index (χ1n) is 5.66. The molecule has 0 saturated carbocycles. The molecule has 0 aliphatic carbocycles. The van der Waals surface area contributed by atoms with Crippen LogP contribution in [0.2, 0.25) is 0 Å². The van der Waals surface area contributed by atoms with E-state index < -0.39 is 0 Å². The van der Waals surface area contributed by atoms with Crippen molar-refractivity contribution in [2.75, 3.05) is 6.54 Å². The van der Waals surface area contributed by atoms with Crippen LogP contribution in [0.1, 0.15) is 15.9 Å². The van der Waals surface area contributed by atoms with Crippen LogP contribution in [0.25, 0.3) is 11.1 Å². The van der Waals surface area contributed by atoms with Gasteiger partial charge in [-0.15, -0.1) is 0 Å². The number of hydrogen-bond donors (Lipinski definition) is 1. The lowest BCUT2D eigenvalue weighted by Crippen LogP contribution is -2.31. The van der Waals surface area contributed by atoms with Gasteiger partial charge in [-0.1, -0.05) is 18.2 Å². The Labute approximate surface area is 99.5 Å². The van der Waals surface area contributed by atoms with E-state index in [1.165, 1.54) is 0 Å². The Balaban J connectivity index is 2.07. The Morgan fingerprint density at radius 3 is 2.94 bits per heavy atom. The maximum atomic E-state index is 11.6. The van der Waals surface area contributed by atoms with Gasteiger partial charge in [0.05, 0.1) is 0 Å². The van der Waals surface area contributed by atoms with Crippen molar-refractivity contribution in [3.63, 3.8) is 0 Å². The average Bonchev–Trinajstić information content (AvgIpc) is 2.40. The quantitative estimate of drug-likeness (QED) is 0.805. The Bertz CT molecular complexity index is 564. The summed E-state index contributed by atoms with van der Waals surface area (Å²) < 4.78 is 0. The summed E-state index contributed by atoms with van der Waals surface area (Å²) in [5.41, 5.74) is 4.12. The minimum absolute atomic E-state index is 0.0315. The Morgan fingerprint density at radius 2 is 2.12 bits per heavy atom. The van der Waals surface area contributed by atoms with Crippen molar-refractivity contribution in [3.05, 3.63) is 53.9 Å². The van der Waals surface area contributed by atoms with Gasteiger partial charge in [-0.25, -0.2) is 0 Å². The lowest BCUT2D eigenvalue weighted by molar-refractivity contribution is 0.0946. The number of benzene rings is 1. The summed E-state index contributed by atoms with van der Waals surface area (Å²) in [6.07, 6.45) is 4.50. The van der Waals surface area contributed by atoms with Gasteiger partial charge in [-0.3, -0.25) is 9.78 Å². The average molecular weight is 224 g/mol. The number of pyridine rings is 1. The smallest absolute Gasteiger partial charge is 0.251 e. The molecule has 2 aromatic rings. The molecule has 1 aromatic carbocycles. The molecule has 0 bridgehead atoms. The van der Waals surface area contributed by atoms with E-state index in [-0.39, 0.29) is 5.91 Å². The fourth-order valence-electron chi connectivity index (χ4n) is 2.14. The van der Waals surface area contributed by atoms with Crippen molar-refractivity contribution >= 4 is 5.91 Å². The van der Waals surface area contributed by atoms with E-state index in [2.05, 4.69) is 16.4 Å². The van der Waals surface area contributed by atoms with Gasteiger partial charge in [0.25, 0.3) is 5.91 Å². The van der Waals surface area contributed by atoms with Crippen LogP contribution < -0.4 is 5.32 Å². The molecule has 1 aromatic heterocycles. The molecule has 0 atom stereocenters. The van der Waals surface area contributed by atoms with Crippen LogP contribution in [-0.4, -0.2) is 17.4 Å². The highest BCUT2D eigenvalue weighted by Crippen LogP contribution is 2.23. The normalized spacial score (nSPS) is 14.0. The molecule has 0 spiro atoms. The summed E-state index contributed by atoms with van der Waals surface area (Å²) in [4.78, 5) is 15.7. The molecular weight excluding hydrogens is 212 g/mol. The predicted octanol–water partition coefficient (Wildman–Crippen LogP) is 2.03. The number of nitrogens with zero attached hydrogens (tertiary/aromatic N) is 1. The Morgan fingerprint density at radius 1 is 1.18 bits per heavy atom. The molecule has 3 rings (SSSR count). The first-order valence-corrected chi connectivity index (χ1v) is 5.66. The lowest BCUT2D eigenvalue weighted by atomic mass is 9.95. The molecule has 0 saturated heterocycles. The molecule has 84 valence electrons. The van der Waals surface area contributed by atoms with Crippen molar-refractivity contribution in [1.82, 2.24) is 10.3 Å². The van der Waals surface area contributed by atoms with Gasteiger partial charge >= 0.3 is 0 Å². The summed E-state index contributed by atoms with van der Waals surface area (Å²) in [7, 11) is 0. The monoisotopic (exact) mass is 224 g/mol. The lowest BCUT2D eigenvalue weighted by Gasteiger charge is -2.17. The molecule has 1 N–H and O–H groups in total. The first kappa shape index (κ1) is 10.0. The molecule has 17 heavy (non-hydrogen) atoms. The van der Waals surface area contributed by atoms with Crippen LogP contribution in [0, 0.1) is 0 Å². The van der Waals surface area contributed by atoms with E-state index in [0.29, 0.717) is 0 Å². The van der Waals surface area contributed by atoms with Crippen LogP contribution in [0.5, 0.6) is 0 Å². The second-order valence-electron chi connectivity index (χ2n) is 4.12. The van der Waals surface area contributed by atoms with Gasteiger partial charge in [0, 0.05) is 24.5 Å². The van der Waals surface area contributed by atoms with Crippen LogP contribution in [0.15, 0.2) is 42.7 Å². The van der Waals surface area contributed by atoms with Crippen molar-refractivity contribution in [2.45, 2.75) is 6.42 Å². The van der Waals surface area contributed by atoms with E-state index in [1.54, 1.807) is 6.20 Å². The fraction of sp³-hybridized carbons (Fsp3) is 0.143. The standard InChI is InChI=1S/C14H12N2O/c17-14-13-4-3-10(8-11(13)5-7-16-14)12-2-1-6-15-9-12/h1-4,6,8-9H,5,7H2,(H,16,17). The van der Waals surface area contributed by atoms with Crippen LogP contribution in [0.3, 0.4) is 0 Å². The molecule has 0 unspecified atom stereocenters. The molecule has 3 heteroatoms. The summed E-state index contributed by atoms with van der Waals surface area (Å²) >= 11 is 0. The Hall–Kier alpha value is -2.16. The zero-order valence-corrected chi connectivity index (χ0v) is 9.31. The highest BCUT2D eigenvalue weighted by Gasteiger charge is 2.16. The molecule has 1 aliphatic rings. The molecule has 2 heterocycles. The topological polar surface area (TPSA) is 42.0 Å². The van der Waals surface area contributed by atoms with Crippen LogP contribution >= 0.6 is 0 Å². The molecule has 0 fully saturated rings. The first-order chi connectivity index (χ1) is 8.34. The van der Waals surface area contributed by atoms with Gasteiger partial charge in [0.2, 0.25) is 0 Å². The maximum Gasteiger partial charge on any atom is 0.251 e. The van der Waals surface area contributed by atoms with E-state index in [4.69, 9.17) is 0 Å². The number of amides is 1. The van der Waals surface area contributed by atoms with E-state index in [1.807, 2.05) is 30.5 Å². The molecule has 3 nitrogen and oxygen atoms in total. The minimum Gasteiger partial charge on any atom is -0.352 e. The zero-order valence-electron chi connectivity index (χ0n) is 9.31. The largest absolute Gasteiger partial charge is 0.352 e. The van der Waals surface area contributed by atoms with Gasteiger partial charge in [-0.2, -0.15) is 0 Å². The number of rotatable bonds is 1. The highest BCUT2D eigenvalue weighted by atomic mass is 16.1. The third kappa shape index (κ3) is 1.80. The van der Waals surface area contributed by atoms with Crippen molar-refractivity contribution in [3.8, 4) is 11.1 Å². The second-order valence-corrected chi connectivity index (χ2v) is 4.12. The second kappa shape index (κ2) is 4.01. The third-order valence-corrected chi connectivity index (χ3v) is 3.02. The third-order valence-electron chi connectivity index (χ3n) is 3.02. The fourth-order valence-corrected chi connectivity index (χ4v) is 2.14. The maximum absolute atomic E-state index is 11.6. The van der Waals surface area contributed by atoms with Crippen molar-refractivity contribution in [2.24, 2.45) is 0 Å².